The molecule has 1 heterocycles. The van der Waals surface area contributed by atoms with Crippen LogP contribution in [-0.4, -0.2) is 9.55 Å². The molecule has 0 spiro atoms. The Hall–Kier alpha value is -1.60. The van der Waals surface area contributed by atoms with Gasteiger partial charge in [0.15, 0.2) is 4.77 Å². The molecule has 0 atom stereocenters. The molecule has 2 fully saturated rings. The van der Waals surface area contributed by atoms with Crippen LogP contribution < -0.4 is 0 Å². The Morgan fingerprint density at radius 2 is 2.00 bits per heavy atom. The van der Waals surface area contributed by atoms with Crippen LogP contribution in [-0.2, 0) is 6.54 Å². The van der Waals surface area contributed by atoms with Gasteiger partial charge in [-0.2, -0.15) is 5.26 Å². The molecule has 102 valence electrons. The van der Waals surface area contributed by atoms with E-state index < -0.39 is 0 Å². The van der Waals surface area contributed by atoms with E-state index in [1.165, 1.54) is 25.7 Å². The van der Waals surface area contributed by atoms with Crippen molar-refractivity contribution in [2.24, 2.45) is 17.8 Å². The fourth-order valence-corrected chi connectivity index (χ4v) is 3.67. The molecule has 1 aromatic carbocycles. The van der Waals surface area contributed by atoms with Crippen LogP contribution in [0.15, 0.2) is 18.2 Å². The molecule has 1 N–H and O–H groups in total. The van der Waals surface area contributed by atoms with Gasteiger partial charge in [-0.1, -0.05) is 6.07 Å². The number of nitriles is 1. The van der Waals surface area contributed by atoms with Crippen LogP contribution in [0.1, 0.15) is 31.2 Å². The van der Waals surface area contributed by atoms with Gasteiger partial charge in [-0.3, -0.25) is 0 Å². The second-order valence-corrected chi connectivity index (χ2v) is 6.58. The van der Waals surface area contributed by atoms with Gasteiger partial charge in [0.25, 0.3) is 0 Å². The molecule has 0 radical (unpaired) electrons. The van der Waals surface area contributed by atoms with E-state index in [9.17, 15) is 5.26 Å². The van der Waals surface area contributed by atoms with E-state index in [0.29, 0.717) is 5.56 Å². The maximum atomic E-state index is 9.20. The quantitative estimate of drug-likeness (QED) is 0.862. The molecular weight excluding hydrogens is 266 g/mol. The Morgan fingerprint density at radius 1 is 1.30 bits per heavy atom. The standard InChI is InChI=1S/C16H17N3S/c17-8-12-2-1-3-14-15(12)18-16(20)19(14)9-13(10-4-5-10)11-6-7-11/h1-3,10-11,13H,4-7,9H2,(H,18,20). The third-order valence-electron chi connectivity index (χ3n) is 4.78. The molecule has 0 aliphatic heterocycles. The zero-order chi connectivity index (χ0) is 13.7. The van der Waals surface area contributed by atoms with Gasteiger partial charge in [0.05, 0.1) is 16.6 Å². The summed E-state index contributed by atoms with van der Waals surface area (Å²) in [4.78, 5) is 3.23. The number of imidazole rings is 1. The van der Waals surface area contributed by atoms with Crippen molar-refractivity contribution >= 4 is 23.3 Å². The molecular formula is C16H17N3S. The Kier molecular flexibility index (Phi) is 2.71. The molecule has 1 aromatic heterocycles. The Labute approximate surface area is 123 Å². The van der Waals surface area contributed by atoms with E-state index in [2.05, 4.69) is 21.7 Å². The zero-order valence-corrected chi connectivity index (χ0v) is 12.1. The molecule has 20 heavy (non-hydrogen) atoms. The maximum Gasteiger partial charge on any atom is 0.178 e. The number of aromatic amines is 1. The van der Waals surface area contributed by atoms with Gasteiger partial charge in [-0.05, 0) is 67.8 Å². The SMILES string of the molecule is N#Cc1cccc2c1[nH]c(=S)n2CC(C1CC1)C1CC1. The van der Waals surface area contributed by atoms with Gasteiger partial charge in [0.1, 0.15) is 6.07 Å². The minimum atomic E-state index is 0.682. The first kappa shape index (κ1) is 12.2. The lowest BCUT2D eigenvalue weighted by atomic mass is 9.98. The first-order chi connectivity index (χ1) is 9.78. The van der Waals surface area contributed by atoms with Crippen molar-refractivity contribution in [1.82, 2.24) is 9.55 Å². The van der Waals surface area contributed by atoms with Crippen LogP contribution in [0.2, 0.25) is 0 Å². The van der Waals surface area contributed by atoms with Crippen molar-refractivity contribution in [3.05, 3.63) is 28.5 Å². The predicted molar refractivity (Wildman–Crippen MR) is 80.8 cm³/mol. The van der Waals surface area contributed by atoms with Crippen LogP contribution in [0, 0.1) is 33.9 Å². The van der Waals surface area contributed by atoms with Crippen molar-refractivity contribution < 1.29 is 0 Å². The number of hydrogen-bond donors (Lipinski definition) is 1. The molecule has 4 heteroatoms. The second-order valence-electron chi connectivity index (χ2n) is 6.19. The Morgan fingerprint density at radius 3 is 2.60 bits per heavy atom. The summed E-state index contributed by atoms with van der Waals surface area (Å²) in [5.41, 5.74) is 2.66. The topological polar surface area (TPSA) is 44.5 Å². The minimum absolute atomic E-state index is 0.682. The summed E-state index contributed by atoms with van der Waals surface area (Å²) in [5, 5.41) is 9.20. The third-order valence-corrected chi connectivity index (χ3v) is 5.10. The van der Waals surface area contributed by atoms with Gasteiger partial charge in [-0.15, -0.1) is 0 Å². The highest BCUT2D eigenvalue weighted by Gasteiger charge is 2.41. The smallest absolute Gasteiger partial charge is 0.178 e. The van der Waals surface area contributed by atoms with E-state index >= 15 is 0 Å². The van der Waals surface area contributed by atoms with Crippen molar-refractivity contribution in [3.63, 3.8) is 0 Å². The van der Waals surface area contributed by atoms with Crippen LogP contribution in [0.4, 0.5) is 0 Å². The number of aromatic nitrogens is 2. The van der Waals surface area contributed by atoms with Gasteiger partial charge in [0.2, 0.25) is 0 Å². The average Bonchev–Trinajstić information content (AvgIpc) is 3.34. The molecule has 0 saturated heterocycles. The molecule has 0 amide bonds. The van der Waals surface area contributed by atoms with Gasteiger partial charge < -0.3 is 9.55 Å². The van der Waals surface area contributed by atoms with E-state index in [-0.39, 0.29) is 0 Å². The average molecular weight is 283 g/mol. The molecule has 2 saturated carbocycles. The lowest BCUT2D eigenvalue weighted by molar-refractivity contribution is 0.351. The Balaban J connectivity index is 1.77. The van der Waals surface area contributed by atoms with Gasteiger partial charge >= 0.3 is 0 Å². The number of fused-ring (bicyclic) bond motifs is 1. The second kappa shape index (κ2) is 4.46. The van der Waals surface area contributed by atoms with Crippen LogP contribution >= 0.6 is 12.2 Å². The molecule has 4 rings (SSSR count). The largest absolute Gasteiger partial charge is 0.329 e. The van der Waals surface area contributed by atoms with Crippen molar-refractivity contribution in [1.29, 1.82) is 5.26 Å². The minimum Gasteiger partial charge on any atom is -0.329 e. The highest BCUT2D eigenvalue weighted by Crippen LogP contribution is 2.50. The molecule has 0 unspecified atom stereocenters. The summed E-state index contributed by atoms with van der Waals surface area (Å²) >= 11 is 5.49. The summed E-state index contributed by atoms with van der Waals surface area (Å²) in [6, 6.07) is 8.10. The van der Waals surface area contributed by atoms with E-state index in [1.807, 2.05) is 12.1 Å². The predicted octanol–water partition coefficient (Wildman–Crippen LogP) is 4.01. The third kappa shape index (κ3) is 1.97. The molecule has 0 bridgehead atoms. The number of nitrogens with zero attached hydrogens (tertiary/aromatic N) is 2. The summed E-state index contributed by atoms with van der Waals surface area (Å²) < 4.78 is 2.97. The van der Waals surface area contributed by atoms with E-state index in [0.717, 1.165) is 40.1 Å². The normalized spacial score (nSPS) is 18.6. The molecule has 2 aliphatic carbocycles. The van der Waals surface area contributed by atoms with Crippen molar-refractivity contribution in [2.45, 2.75) is 32.2 Å². The first-order valence-corrected chi connectivity index (χ1v) is 7.80. The number of benzene rings is 1. The number of para-hydroxylation sites is 1. The monoisotopic (exact) mass is 283 g/mol. The number of nitrogens with one attached hydrogen (secondary N) is 1. The number of H-pyrrole nitrogens is 1. The fourth-order valence-electron chi connectivity index (χ4n) is 3.40. The summed E-state index contributed by atoms with van der Waals surface area (Å²) in [6.45, 7) is 1.02. The van der Waals surface area contributed by atoms with Crippen LogP contribution in [0.3, 0.4) is 0 Å². The molecule has 3 nitrogen and oxygen atoms in total. The maximum absolute atomic E-state index is 9.20. The number of hydrogen-bond acceptors (Lipinski definition) is 2. The van der Waals surface area contributed by atoms with E-state index in [4.69, 9.17) is 12.2 Å². The summed E-state index contributed by atoms with van der Waals surface area (Å²) in [5.74, 6) is 2.61. The Bertz CT molecular complexity index is 744. The summed E-state index contributed by atoms with van der Waals surface area (Å²) in [7, 11) is 0. The highest BCUT2D eigenvalue weighted by atomic mass is 32.1. The van der Waals surface area contributed by atoms with E-state index in [1.54, 1.807) is 0 Å². The molecule has 2 aromatic rings. The lowest BCUT2D eigenvalue weighted by Crippen LogP contribution is -2.15. The summed E-state index contributed by atoms with van der Waals surface area (Å²) in [6.07, 6.45) is 5.56. The first-order valence-electron chi connectivity index (χ1n) is 7.39. The van der Waals surface area contributed by atoms with Crippen LogP contribution in [0.5, 0.6) is 0 Å². The van der Waals surface area contributed by atoms with Gasteiger partial charge in [-0.25, -0.2) is 0 Å². The fraction of sp³-hybridized carbons (Fsp3) is 0.500. The van der Waals surface area contributed by atoms with Crippen molar-refractivity contribution in [3.8, 4) is 6.07 Å². The molecule has 2 aliphatic rings. The number of rotatable bonds is 4. The van der Waals surface area contributed by atoms with Crippen LogP contribution in [0.25, 0.3) is 11.0 Å². The highest BCUT2D eigenvalue weighted by molar-refractivity contribution is 7.71. The van der Waals surface area contributed by atoms with Gasteiger partial charge in [0, 0.05) is 6.54 Å². The zero-order valence-electron chi connectivity index (χ0n) is 11.3. The van der Waals surface area contributed by atoms with Crippen molar-refractivity contribution in [2.75, 3.05) is 0 Å². The lowest BCUT2D eigenvalue weighted by Gasteiger charge is -2.16.